The molecule has 3 aromatic rings. The van der Waals surface area contributed by atoms with E-state index in [4.69, 9.17) is 13.7 Å². The number of nitrogens with zero attached hydrogens (tertiary/aromatic N) is 2. The van der Waals surface area contributed by atoms with Gasteiger partial charge in [0.1, 0.15) is 0 Å². The monoisotopic (exact) mass is 397 g/mol. The van der Waals surface area contributed by atoms with Crippen molar-refractivity contribution in [3.8, 4) is 11.6 Å². The van der Waals surface area contributed by atoms with E-state index in [9.17, 15) is 9.59 Å². The molecule has 8 heteroatoms. The molecular weight excluding hydrogens is 374 g/mol. The molecular formula is C21H23N3O5. The minimum absolute atomic E-state index is 0.0139. The van der Waals surface area contributed by atoms with Gasteiger partial charge in [-0.2, -0.15) is 4.98 Å². The summed E-state index contributed by atoms with van der Waals surface area (Å²) in [7, 11) is 0. The highest BCUT2D eigenvalue weighted by molar-refractivity contribution is 5.96. The number of amides is 1. The number of ether oxygens (including phenoxy) is 1. The molecule has 0 fully saturated rings. The van der Waals surface area contributed by atoms with E-state index < -0.39 is 12.1 Å². The SMILES string of the molecule is Cc1cc(C)c(NC(=O)C(C)OC(=O)CCc2nc(-c3ccco3)no2)c(C)c1. The van der Waals surface area contributed by atoms with Crippen LogP contribution in [0.2, 0.25) is 0 Å². The van der Waals surface area contributed by atoms with E-state index in [1.165, 1.54) is 13.2 Å². The summed E-state index contributed by atoms with van der Waals surface area (Å²) in [6.45, 7) is 7.38. The highest BCUT2D eigenvalue weighted by Crippen LogP contribution is 2.22. The maximum absolute atomic E-state index is 12.4. The van der Waals surface area contributed by atoms with Crippen molar-refractivity contribution in [3.63, 3.8) is 0 Å². The number of carbonyl (C=O) groups excluding carboxylic acids is 2. The van der Waals surface area contributed by atoms with Gasteiger partial charge in [0.2, 0.25) is 11.7 Å². The lowest BCUT2D eigenvalue weighted by Gasteiger charge is -2.16. The number of hydrogen-bond donors (Lipinski definition) is 1. The molecule has 2 heterocycles. The summed E-state index contributed by atoms with van der Waals surface area (Å²) in [5.74, 6) is 0.176. The third-order valence-electron chi connectivity index (χ3n) is 4.36. The molecule has 29 heavy (non-hydrogen) atoms. The quantitative estimate of drug-likeness (QED) is 0.605. The van der Waals surface area contributed by atoms with Crippen LogP contribution in [-0.4, -0.2) is 28.1 Å². The van der Waals surface area contributed by atoms with Gasteiger partial charge in [-0.3, -0.25) is 9.59 Å². The fourth-order valence-corrected chi connectivity index (χ4v) is 2.98. The predicted molar refractivity (Wildman–Crippen MR) is 105 cm³/mol. The average Bonchev–Trinajstić information content (AvgIpc) is 3.34. The second-order valence-corrected chi connectivity index (χ2v) is 6.88. The summed E-state index contributed by atoms with van der Waals surface area (Å²) >= 11 is 0. The highest BCUT2D eigenvalue weighted by atomic mass is 16.5. The maximum Gasteiger partial charge on any atom is 0.307 e. The third-order valence-corrected chi connectivity index (χ3v) is 4.36. The lowest BCUT2D eigenvalue weighted by atomic mass is 10.0. The molecule has 0 aliphatic rings. The van der Waals surface area contributed by atoms with Crippen LogP contribution in [0, 0.1) is 20.8 Å². The maximum atomic E-state index is 12.4. The van der Waals surface area contributed by atoms with Gasteiger partial charge in [-0.25, -0.2) is 0 Å². The first-order valence-electron chi connectivity index (χ1n) is 9.28. The van der Waals surface area contributed by atoms with Gasteiger partial charge in [-0.15, -0.1) is 0 Å². The van der Waals surface area contributed by atoms with E-state index in [0.717, 1.165) is 22.4 Å². The summed E-state index contributed by atoms with van der Waals surface area (Å²) in [5, 5.41) is 6.64. The van der Waals surface area contributed by atoms with E-state index >= 15 is 0 Å². The number of carbonyl (C=O) groups is 2. The standard InChI is InChI=1S/C21H23N3O5/c1-12-10-13(2)19(14(3)11-12)23-21(26)15(4)28-18(25)8-7-17-22-20(24-29-17)16-6-5-9-27-16/h5-6,9-11,15H,7-8H2,1-4H3,(H,23,26). The van der Waals surface area contributed by atoms with Crippen molar-refractivity contribution < 1.29 is 23.3 Å². The van der Waals surface area contributed by atoms with Crippen LogP contribution in [0.3, 0.4) is 0 Å². The molecule has 0 spiro atoms. The molecule has 0 aliphatic heterocycles. The molecule has 1 N–H and O–H groups in total. The first kappa shape index (κ1) is 20.3. The van der Waals surface area contributed by atoms with E-state index in [-0.39, 0.29) is 24.6 Å². The molecule has 0 aliphatic carbocycles. The van der Waals surface area contributed by atoms with Crippen LogP contribution in [0.5, 0.6) is 0 Å². The molecule has 0 saturated heterocycles. The molecule has 3 rings (SSSR count). The lowest BCUT2D eigenvalue weighted by molar-refractivity contribution is -0.153. The smallest absolute Gasteiger partial charge is 0.307 e. The Morgan fingerprint density at radius 2 is 1.93 bits per heavy atom. The van der Waals surface area contributed by atoms with Gasteiger partial charge in [0.15, 0.2) is 11.9 Å². The minimum Gasteiger partial charge on any atom is -0.461 e. The Balaban J connectivity index is 1.51. The molecule has 1 unspecified atom stereocenters. The van der Waals surface area contributed by atoms with Gasteiger partial charge in [0.05, 0.1) is 12.7 Å². The number of esters is 1. The zero-order valence-electron chi connectivity index (χ0n) is 16.8. The van der Waals surface area contributed by atoms with Gasteiger partial charge in [0.25, 0.3) is 5.91 Å². The van der Waals surface area contributed by atoms with Crippen LogP contribution in [0.4, 0.5) is 5.69 Å². The molecule has 152 valence electrons. The Morgan fingerprint density at radius 3 is 2.59 bits per heavy atom. The van der Waals surface area contributed by atoms with Crippen molar-refractivity contribution in [1.82, 2.24) is 10.1 Å². The molecule has 1 amide bonds. The Hall–Kier alpha value is -3.42. The molecule has 0 radical (unpaired) electrons. The molecule has 0 bridgehead atoms. The van der Waals surface area contributed by atoms with Crippen molar-refractivity contribution >= 4 is 17.6 Å². The fraction of sp³-hybridized carbons (Fsp3) is 0.333. The van der Waals surface area contributed by atoms with Gasteiger partial charge >= 0.3 is 5.97 Å². The van der Waals surface area contributed by atoms with Crippen LogP contribution in [0.15, 0.2) is 39.5 Å². The lowest BCUT2D eigenvalue weighted by Crippen LogP contribution is -2.30. The van der Waals surface area contributed by atoms with E-state index in [2.05, 4.69) is 15.5 Å². The topological polar surface area (TPSA) is 107 Å². The first-order valence-corrected chi connectivity index (χ1v) is 9.28. The normalized spacial score (nSPS) is 11.9. The average molecular weight is 397 g/mol. The van der Waals surface area contributed by atoms with Crippen LogP contribution in [0.25, 0.3) is 11.6 Å². The third kappa shape index (κ3) is 5.10. The van der Waals surface area contributed by atoms with Gasteiger partial charge in [0, 0.05) is 12.1 Å². The number of nitrogens with one attached hydrogen (secondary N) is 1. The number of aromatic nitrogens is 2. The largest absolute Gasteiger partial charge is 0.461 e. The number of benzene rings is 1. The van der Waals surface area contributed by atoms with Crippen LogP contribution in [-0.2, 0) is 20.7 Å². The predicted octanol–water partition coefficient (Wildman–Crippen LogP) is 3.76. The number of furan rings is 1. The van der Waals surface area contributed by atoms with Crippen molar-refractivity contribution in [2.45, 2.75) is 46.6 Å². The van der Waals surface area contributed by atoms with Crippen molar-refractivity contribution in [1.29, 1.82) is 0 Å². The van der Waals surface area contributed by atoms with E-state index in [0.29, 0.717) is 11.6 Å². The van der Waals surface area contributed by atoms with Gasteiger partial charge in [-0.1, -0.05) is 22.9 Å². The number of rotatable bonds is 7. The van der Waals surface area contributed by atoms with Crippen molar-refractivity contribution in [2.75, 3.05) is 5.32 Å². The van der Waals surface area contributed by atoms with E-state index in [1.807, 2.05) is 32.9 Å². The van der Waals surface area contributed by atoms with Crippen molar-refractivity contribution in [3.05, 3.63) is 53.1 Å². The molecule has 0 saturated carbocycles. The summed E-state index contributed by atoms with van der Waals surface area (Å²) in [4.78, 5) is 28.7. The Morgan fingerprint density at radius 1 is 1.21 bits per heavy atom. The summed E-state index contributed by atoms with van der Waals surface area (Å²) in [6, 6.07) is 7.40. The fourth-order valence-electron chi connectivity index (χ4n) is 2.98. The number of anilines is 1. The Kier molecular flexibility index (Phi) is 6.11. The molecule has 8 nitrogen and oxygen atoms in total. The Labute approximate surface area is 168 Å². The zero-order chi connectivity index (χ0) is 21.0. The summed E-state index contributed by atoms with van der Waals surface area (Å²) in [5.41, 5.74) is 3.77. The first-order chi connectivity index (χ1) is 13.8. The number of hydrogen-bond acceptors (Lipinski definition) is 7. The van der Waals surface area contributed by atoms with Crippen molar-refractivity contribution in [2.24, 2.45) is 0 Å². The van der Waals surface area contributed by atoms with Crippen LogP contribution >= 0.6 is 0 Å². The minimum atomic E-state index is -0.927. The molecule has 2 aromatic heterocycles. The number of aryl methyl sites for hydroxylation is 4. The van der Waals surface area contributed by atoms with Gasteiger partial charge < -0.3 is 19.0 Å². The second-order valence-electron chi connectivity index (χ2n) is 6.88. The second kappa shape index (κ2) is 8.72. The van der Waals surface area contributed by atoms with Crippen LogP contribution < -0.4 is 5.32 Å². The van der Waals surface area contributed by atoms with Crippen LogP contribution in [0.1, 0.15) is 35.9 Å². The van der Waals surface area contributed by atoms with Gasteiger partial charge in [-0.05, 0) is 51.0 Å². The molecule has 1 atom stereocenters. The summed E-state index contributed by atoms with van der Waals surface area (Å²) in [6.07, 6.45) is 0.801. The summed E-state index contributed by atoms with van der Waals surface area (Å²) < 4.78 is 15.5. The van der Waals surface area contributed by atoms with E-state index in [1.54, 1.807) is 12.1 Å². The highest BCUT2D eigenvalue weighted by Gasteiger charge is 2.20. The zero-order valence-corrected chi connectivity index (χ0v) is 16.8. The molecule has 1 aromatic carbocycles. The Bertz CT molecular complexity index is 984.